The Hall–Kier alpha value is -4.92. The van der Waals surface area contributed by atoms with E-state index in [4.69, 9.17) is 41.8 Å². The van der Waals surface area contributed by atoms with E-state index in [2.05, 4.69) is 5.32 Å². The summed E-state index contributed by atoms with van der Waals surface area (Å²) < 4.78 is 45.5. The Kier molecular flexibility index (Phi) is 12.9. The first-order chi connectivity index (χ1) is 25.9. The maximum atomic E-state index is 13.8. The smallest absolute Gasteiger partial charge is 0.329 e. The summed E-state index contributed by atoms with van der Waals surface area (Å²) in [4.78, 5) is 66.3. The van der Waals surface area contributed by atoms with Gasteiger partial charge in [-0.3, -0.25) is 19.2 Å². The lowest BCUT2D eigenvalue weighted by molar-refractivity contribution is -0.159. The maximum absolute atomic E-state index is 13.8. The van der Waals surface area contributed by atoms with Crippen LogP contribution in [0.5, 0.6) is 0 Å². The predicted molar refractivity (Wildman–Crippen MR) is 203 cm³/mol. The van der Waals surface area contributed by atoms with Crippen LogP contribution in [0, 0.1) is 0 Å². The number of hydrogen-bond acceptors (Lipinski definition) is 11. The molecule has 2 heterocycles. The third kappa shape index (κ3) is 10.9. The number of esters is 3. The van der Waals surface area contributed by atoms with E-state index in [1.54, 1.807) is 68.3 Å². The van der Waals surface area contributed by atoms with Gasteiger partial charge >= 0.3 is 17.9 Å². The molecule has 16 heteroatoms. The molecule has 0 spiro atoms. The van der Waals surface area contributed by atoms with E-state index in [1.165, 1.54) is 18.2 Å². The Morgan fingerprint density at radius 3 is 2.40 bits per heavy atom. The van der Waals surface area contributed by atoms with Gasteiger partial charge in [0.25, 0.3) is 11.8 Å². The van der Waals surface area contributed by atoms with Gasteiger partial charge in [0, 0.05) is 36.7 Å². The van der Waals surface area contributed by atoms with Gasteiger partial charge in [-0.1, -0.05) is 41.4 Å². The molecule has 292 valence electrons. The zero-order valence-corrected chi connectivity index (χ0v) is 32.9. The summed E-state index contributed by atoms with van der Waals surface area (Å²) in [5.74, 6) is -3.18. The Morgan fingerprint density at radius 1 is 0.945 bits per heavy atom. The summed E-state index contributed by atoms with van der Waals surface area (Å²) in [5, 5.41) is 3.54. The van der Waals surface area contributed by atoms with Crippen LogP contribution in [-0.2, 0) is 57.8 Å². The molecule has 0 aliphatic carbocycles. The molecule has 2 amide bonds. The first kappa shape index (κ1) is 41.2. The van der Waals surface area contributed by atoms with Gasteiger partial charge < -0.3 is 28.8 Å². The standard InChI is InChI=1S/C39H40Cl2N2O11S/c1-39(2,3)54-33(45)11-10-32(44)52-16-17-53-38(48)30(19-23-6-5-7-27(18-23)55(4,49)50)42-36(46)34-29(40)20-26-22-43(14-12-28(26)35(34)41)37(47)25-9-8-24-13-15-51-31(24)21-25/h5-9,13,15,18,20-21,30H,10-12,14,16-17,19,22H2,1-4H3,(H,42,46)/t30-/m0/s1. The van der Waals surface area contributed by atoms with Gasteiger partial charge in [0.1, 0.15) is 30.4 Å². The number of rotatable bonds is 13. The number of hydrogen-bond donors (Lipinski definition) is 1. The van der Waals surface area contributed by atoms with Crippen LogP contribution in [0.2, 0.25) is 10.0 Å². The topological polar surface area (TPSA) is 176 Å². The molecule has 1 aromatic heterocycles. The van der Waals surface area contributed by atoms with Crippen molar-refractivity contribution in [2.24, 2.45) is 0 Å². The van der Waals surface area contributed by atoms with Crippen molar-refractivity contribution in [2.75, 3.05) is 26.0 Å². The average Bonchev–Trinajstić information content (AvgIpc) is 3.59. The molecule has 0 unspecified atom stereocenters. The molecular formula is C39H40Cl2N2O11S. The number of furan rings is 1. The molecule has 1 atom stereocenters. The van der Waals surface area contributed by atoms with Crippen LogP contribution in [0.4, 0.5) is 0 Å². The minimum Gasteiger partial charge on any atom is -0.464 e. The highest BCUT2D eigenvalue weighted by Crippen LogP contribution is 2.35. The van der Waals surface area contributed by atoms with Gasteiger partial charge in [-0.2, -0.15) is 0 Å². The van der Waals surface area contributed by atoms with E-state index >= 15 is 0 Å². The third-order valence-electron chi connectivity index (χ3n) is 8.52. The fourth-order valence-corrected chi connectivity index (χ4v) is 7.39. The molecule has 5 rings (SSSR count). The van der Waals surface area contributed by atoms with Gasteiger partial charge in [-0.15, -0.1) is 0 Å². The van der Waals surface area contributed by atoms with Crippen LogP contribution in [0.15, 0.2) is 70.2 Å². The second kappa shape index (κ2) is 17.3. The summed E-state index contributed by atoms with van der Waals surface area (Å²) in [5.41, 5.74) is 1.92. The molecule has 0 bridgehead atoms. The number of carbonyl (C=O) groups excluding carboxylic acids is 5. The van der Waals surface area contributed by atoms with Crippen molar-refractivity contribution in [1.82, 2.24) is 10.2 Å². The number of nitrogens with zero attached hydrogens (tertiary/aromatic N) is 1. The van der Waals surface area contributed by atoms with Crippen LogP contribution in [0.1, 0.15) is 71.0 Å². The molecule has 55 heavy (non-hydrogen) atoms. The molecule has 0 radical (unpaired) electrons. The predicted octanol–water partition coefficient (Wildman–Crippen LogP) is 5.89. The second-order valence-corrected chi connectivity index (χ2v) is 16.8. The van der Waals surface area contributed by atoms with Crippen LogP contribution in [-0.4, -0.2) is 80.7 Å². The molecular weight excluding hydrogens is 775 g/mol. The first-order valence-electron chi connectivity index (χ1n) is 17.3. The minimum atomic E-state index is -3.59. The van der Waals surface area contributed by atoms with E-state index in [9.17, 15) is 32.4 Å². The summed E-state index contributed by atoms with van der Waals surface area (Å²) >= 11 is 13.4. The summed E-state index contributed by atoms with van der Waals surface area (Å²) in [6.45, 7) is 4.89. The molecule has 3 aromatic carbocycles. The first-order valence-corrected chi connectivity index (χ1v) is 19.9. The lowest BCUT2D eigenvalue weighted by Gasteiger charge is -2.30. The number of fused-ring (bicyclic) bond motifs is 2. The van der Waals surface area contributed by atoms with Crippen molar-refractivity contribution in [1.29, 1.82) is 0 Å². The highest BCUT2D eigenvalue weighted by Gasteiger charge is 2.31. The number of sulfone groups is 1. The fraction of sp³-hybridized carbons (Fsp3) is 0.359. The third-order valence-corrected chi connectivity index (χ3v) is 10.3. The van der Waals surface area contributed by atoms with Crippen molar-refractivity contribution in [3.05, 3.63) is 98.7 Å². The van der Waals surface area contributed by atoms with Crippen LogP contribution in [0.3, 0.4) is 0 Å². The summed E-state index contributed by atoms with van der Waals surface area (Å²) in [6, 6.07) is 13.1. The lowest BCUT2D eigenvalue weighted by atomic mass is 9.95. The van der Waals surface area contributed by atoms with Crippen molar-refractivity contribution < 1.29 is 51.0 Å². The quantitative estimate of drug-likeness (QED) is 0.0968. The number of amides is 2. The largest absolute Gasteiger partial charge is 0.464 e. The fourth-order valence-electron chi connectivity index (χ4n) is 5.93. The van der Waals surface area contributed by atoms with Gasteiger partial charge in [0.15, 0.2) is 9.84 Å². The average molecular weight is 816 g/mol. The monoisotopic (exact) mass is 814 g/mol. The molecule has 13 nitrogen and oxygen atoms in total. The van der Waals surface area contributed by atoms with E-state index in [0.717, 1.165) is 11.6 Å². The van der Waals surface area contributed by atoms with E-state index < -0.39 is 45.3 Å². The lowest BCUT2D eigenvalue weighted by Crippen LogP contribution is -2.44. The van der Waals surface area contributed by atoms with Gasteiger partial charge in [0.2, 0.25) is 0 Å². The Bertz CT molecular complexity index is 2250. The molecule has 0 fully saturated rings. The van der Waals surface area contributed by atoms with Crippen molar-refractivity contribution in [3.8, 4) is 0 Å². The highest BCUT2D eigenvalue weighted by molar-refractivity contribution is 7.90. The zero-order valence-electron chi connectivity index (χ0n) is 30.6. The van der Waals surface area contributed by atoms with Crippen molar-refractivity contribution in [3.63, 3.8) is 0 Å². The molecule has 1 aliphatic heterocycles. The van der Waals surface area contributed by atoms with Gasteiger partial charge in [0.05, 0.1) is 39.6 Å². The number of benzene rings is 3. The van der Waals surface area contributed by atoms with Crippen LogP contribution < -0.4 is 5.32 Å². The van der Waals surface area contributed by atoms with Gasteiger partial charge in [-0.05, 0) is 80.3 Å². The SMILES string of the molecule is CC(C)(C)OC(=O)CCC(=O)OCCOC(=O)[C@H](Cc1cccc(S(C)(=O)=O)c1)NC(=O)c1c(Cl)cc2c(c1Cl)CCN(C(=O)c1ccc3ccoc3c1)C2. The Balaban J connectivity index is 1.27. The summed E-state index contributed by atoms with van der Waals surface area (Å²) in [7, 11) is -3.59. The molecule has 0 saturated carbocycles. The number of ether oxygens (including phenoxy) is 3. The molecule has 1 aliphatic rings. The van der Waals surface area contributed by atoms with Crippen LogP contribution in [0.25, 0.3) is 11.0 Å². The summed E-state index contributed by atoms with van der Waals surface area (Å²) in [6.07, 6.45) is 2.31. The number of nitrogens with one attached hydrogen (secondary N) is 1. The number of carbonyl (C=O) groups is 5. The Labute approximate surface area is 328 Å². The molecule has 0 saturated heterocycles. The maximum Gasteiger partial charge on any atom is 0.329 e. The van der Waals surface area contributed by atoms with E-state index in [-0.39, 0.29) is 65.4 Å². The van der Waals surface area contributed by atoms with Crippen LogP contribution >= 0.6 is 23.2 Å². The van der Waals surface area contributed by atoms with E-state index in [1.807, 2.05) is 0 Å². The van der Waals surface area contributed by atoms with Crippen molar-refractivity contribution in [2.45, 2.75) is 69.5 Å². The minimum absolute atomic E-state index is 0.0107. The van der Waals surface area contributed by atoms with Crippen molar-refractivity contribution >= 4 is 73.7 Å². The van der Waals surface area contributed by atoms with Gasteiger partial charge in [-0.25, -0.2) is 13.2 Å². The normalized spacial score (nSPS) is 13.5. The Morgan fingerprint density at radius 2 is 1.67 bits per heavy atom. The second-order valence-electron chi connectivity index (χ2n) is 14.0. The highest BCUT2D eigenvalue weighted by atomic mass is 35.5. The molecule has 1 N–H and O–H groups in total. The van der Waals surface area contributed by atoms with E-state index in [0.29, 0.717) is 40.8 Å². The molecule has 4 aromatic rings. The number of halogens is 2. The zero-order chi connectivity index (χ0) is 40.1.